The van der Waals surface area contributed by atoms with Gasteiger partial charge in [0.25, 0.3) is 11.5 Å². The Labute approximate surface area is 160 Å². The average molecular weight is 380 g/mol. The van der Waals surface area contributed by atoms with Gasteiger partial charge in [0.05, 0.1) is 0 Å². The number of H-pyrrole nitrogens is 2. The molecule has 0 aromatic carbocycles. The molecule has 144 valence electrons. The second kappa shape index (κ2) is 8.76. The highest BCUT2D eigenvalue weighted by Gasteiger charge is 2.12. The van der Waals surface area contributed by atoms with Crippen LogP contribution < -0.4 is 21.5 Å². The number of aromatic amines is 2. The van der Waals surface area contributed by atoms with Crippen molar-refractivity contribution in [3.05, 3.63) is 86.6 Å². The number of hydrogen-bond acceptors (Lipinski definition) is 6. The number of likely N-dealkylation sites (N-methyl/N-ethyl adjacent to an activating group) is 1. The van der Waals surface area contributed by atoms with Gasteiger partial charge in [-0.05, 0) is 18.2 Å². The molecule has 3 N–H and O–H groups in total. The molecule has 28 heavy (non-hydrogen) atoms. The monoisotopic (exact) mass is 380 g/mol. The molecule has 0 unspecified atom stereocenters. The normalized spacial score (nSPS) is 10.5. The number of hydrogen-bond donors (Lipinski definition) is 3. The summed E-state index contributed by atoms with van der Waals surface area (Å²) in [5.74, 6) is 0.187. The number of carbonyl (C=O) groups excluding carboxylic acids is 1. The zero-order valence-electron chi connectivity index (χ0n) is 15.3. The van der Waals surface area contributed by atoms with Gasteiger partial charge in [-0.1, -0.05) is 12.1 Å². The number of amides is 1. The number of rotatable bonds is 7. The lowest BCUT2D eigenvalue weighted by Crippen LogP contribution is -2.31. The van der Waals surface area contributed by atoms with Gasteiger partial charge in [0, 0.05) is 56.3 Å². The van der Waals surface area contributed by atoms with Crippen LogP contribution in [0.15, 0.2) is 58.4 Å². The second-order valence-corrected chi connectivity index (χ2v) is 6.16. The first-order valence-corrected chi connectivity index (χ1v) is 8.70. The van der Waals surface area contributed by atoms with Crippen LogP contribution in [-0.2, 0) is 13.0 Å². The van der Waals surface area contributed by atoms with E-state index in [1.807, 2.05) is 41.2 Å². The van der Waals surface area contributed by atoms with E-state index in [4.69, 9.17) is 0 Å². The van der Waals surface area contributed by atoms with Crippen molar-refractivity contribution in [1.82, 2.24) is 25.3 Å². The third-order valence-corrected chi connectivity index (χ3v) is 4.10. The lowest BCUT2D eigenvalue weighted by molar-refractivity contribution is 0.0945. The fraction of sp³-hybridized carbons (Fsp3) is 0.211. The standard InChI is InChI=1S/C19H20N6O3/c1-25(10-7-14-6-2-3-8-20-14)17-13(5-4-9-21-17)12-22-18(27)15-11-16(26)24-19(28)23-15/h2-6,8-9,11H,7,10,12H2,1H3,(H,22,27)(H2,23,24,26,28). The topological polar surface area (TPSA) is 124 Å². The Bertz CT molecular complexity index is 1030. The molecule has 0 saturated heterocycles. The molecule has 0 aliphatic rings. The molecule has 1 amide bonds. The quantitative estimate of drug-likeness (QED) is 0.547. The molecule has 0 fully saturated rings. The van der Waals surface area contributed by atoms with Gasteiger partial charge < -0.3 is 15.2 Å². The van der Waals surface area contributed by atoms with Gasteiger partial charge in [-0.2, -0.15) is 0 Å². The number of aromatic nitrogens is 4. The minimum Gasteiger partial charge on any atom is -0.359 e. The Morgan fingerprint density at radius 2 is 1.93 bits per heavy atom. The summed E-state index contributed by atoms with van der Waals surface area (Å²) in [7, 11) is 1.92. The largest absolute Gasteiger partial charge is 0.359 e. The van der Waals surface area contributed by atoms with Gasteiger partial charge in [-0.25, -0.2) is 9.78 Å². The smallest absolute Gasteiger partial charge is 0.326 e. The van der Waals surface area contributed by atoms with Crippen LogP contribution in [0, 0.1) is 0 Å². The van der Waals surface area contributed by atoms with Crippen molar-refractivity contribution in [2.24, 2.45) is 0 Å². The predicted molar refractivity (Wildman–Crippen MR) is 104 cm³/mol. The SMILES string of the molecule is CN(CCc1ccccn1)c1ncccc1CNC(=O)c1cc(=O)[nH]c(=O)[nH]1. The van der Waals surface area contributed by atoms with Crippen molar-refractivity contribution >= 4 is 11.7 Å². The highest BCUT2D eigenvalue weighted by molar-refractivity contribution is 5.92. The summed E-state index contributed by atoms with van der Waals surface area (Å²) < 4.78 is 0. The molecular formula is C19H20N6O3. The molecule has 0 saturated carbocycles. The van der Waals surface area contributed by atoms with Crippen molar-refractivity contribution in [3.63, 3.8) is 0 Å². The lowest BCUT2D eigenvalue weighted by Gasteiger charge is -2.21. The maximum absolute atomic E-state index is 12.2. The Morgan fingerprint density at radius 3 is 2.68 bits per heavy atom. The van der Waals surface area contributed by atoms with E-state index < -0.39 is 17.2 Å². The summed E-state index contributed by atoms with van der Waals surface area (Å²) in [6.45, 7) is 0.904. The van der Waals surface area contributed by atoms with Crippen LogP contribution in [-0.4, -0.2) is 39.4 Å². The van der Waals surface area contributed by atoms with Crippen LogP contribution in [0.2, 0.25) is 0 Å². The molecule has 0 bridgehead atoms. The molecule has 0 atom stereocenters. The van der Waals surface area contributed by atoms with E-state index in [1.165, 1.54) is 0 Å². The Kier molecular flexibility index (Phi) is 5.95. The third kappa shape index (κ3) is 4.91. The maximum Gasteiger partial charge on any atom is 0.326 e. The molecular weight excluding hydrogens is 360 g/mol. The molecule has 0 aliphatic carbocycles. The Hall–Kier alpha value is -3.75. The van der Waals surface area contributed by atoms with Gasteiger partial charge in [-0.3, -0.25) is 19.6 Å². The van der Waals surface area contributed by atoms with Gasteiger partial charge in [-0.15, -0.1) is 0 Å². The van der Waals surface area contributed by atoms with Crippen LogP contribution in [0.25, 0.3) is 0 Å². The van der Waals surface area contributed by atoms with E-state index in [9.17, 15) is 14.4 Å². The first kappa shape index (κ1) is 19.0. The summed E-state index contributed by atoms with van der Waals surface area (Å²) in [4.78, 5) is 49.9. The molecule has 9 heteroatoms. The molecule has 0 spiro atoms. The summed E-state index contributed by atoms with van der Waals surface area (Å²) in [5, 5.41) is 2.70. The minimum atomic E-state index is -0.728. The van der Waals surface area contributed by atoms with Gasteiger partial charge in [0.1, 0.15) is 11.5 Å². The second-order valence-electron chi connectivity index (χ2n) is 6.16. The summed E-state index contributed by atoms with van der Waals surface area (Å²) in [6, 6.07) is 10.5. The van der Waals surface area contributed by atoms with Crippen LogP contribution >= 0.6 is 0 Å². The fourth-order valence-corrected chi connectivity index (χ4v) is 2.71. The summed E-state index contributed by atoms with van der Waals surface area (Å²) in [5.41, 5.74) is 0.340. The highest BCUT2D eigenvalue weighted by Crippen LogP contribution is 2.16. The minimum absolute atomic E-state index is 0.0947. The molecule has 3 rings (SSSR count). The molecule has 3 aromatic rings. The van der Waals surface area contributed by atoms with Crippen molar-refractivity contribution in [2.45, 2.75) is 13.0 Å². The van der Waals surface area contributed by atoms with E-state index in [0.29, 0.717) is 6.54 Å². The lowest BCUT2D eigenvalue weighted by atomic mass is 10.2. The first-order chi connectivity index (χ1) is 13.5. The first-order valence-electron chi connectivity index (χ1n) is 8.70. The fourth-order valence-electron chi connectivity index (χ4n) is 2.71. The molecule has 3 heterocycles. The summed E-state index contributed by atoms with van der Waals surface area (Å²) >= 11 is 0. The van der Waals surface area contributed by atoms with Gasteiger partial charge in [0.2, 0.25) is 0 Å². The van der Waals surface area contributed by atoms with E-state index in [1.54, 1.807) is 18.5 Å². The van der Waals surface area contributed by atoms with Crippen LogP contribution in [0.4, 0.5) is 5.82 Å². The zero-order valence-corrected chi connectivity index (χ0v) is 15.3. The molecule has 0 radical (unpaired) electrons. The molecule has 3 aromatic heterocycles. The predicted octanol–water partition coefficient (Wildman–Crippen LogP) is 0.462. The van der Waals surface area contributed by atoms with Crippen molar-refractivity contribution in [1.29, 1.82) is 0 Å². The van der Waals surface area contributed by atoms with Gasteiger partial charge >= 0.3 is 5.69 Å². The Morgan fingerprint density at radius 1 is 1.11 bits per heavy atom. The van der Waals surface area contributed by atoms with E-state index >= 15 is 0 Å². The van der Waals surface area contributed by atoms with Crippen molar-refractivity contribution < 1.29 is 4.79 Å². The average Bonchev–Trinajstić information content (AvgIpc) is 2.70. The molecule has 0 aliphatic heterocycles. The van der Waals surface area contributed by atoms with E-state index in [2.05, 4.69) is 20.3 Å². The van der Waals surface area contributed by atoms with Crippen molar-refractivity contribution in [2.75, 3.05) is 18.5 Å². The number of anilines is 1. The third-order valence-electron chi connectivity index (χ3n) is 4.10. The Balaban J connectivity index is 1.67. The molecule has 9 nitrogen and oxygen atoms in total. The number of carbonyl (C=O) groups is 1. The van der Waals surface area contributed by atoms with Crippen LogP contribution in [0.3, 0.4) is 0 Å². The van der Waals surface area contributed by atoms with Gasteiger partial charge in [0.15, 0.2) is 0 Å². The number of nitrogens with zero attached hydrogens (tertiary/aromatic N) is 3. The van der Waals surface area contributed by atoms with E-state index in [0.717, 1.165) is 29.6 Å². The maximum atomic E-state index is 12.2. The van der Waals surface area contributed by atoms with Crippen molar-refractivity contribution in [3.8, 4) is 0 Å². The highest BCUT2D eigenvalue weighted by atomic mass is 16.2. The number of pyridine rings is 2. The zero-order chi connectivity index (χ0) is 19.9. The van der Waals surface area contributed by atoms with E-state index in [-0.39, 0.29) is 12.2 Å². The summed E-state index contributed by atoms with van der Waals surface area (Å²) in [6.07, 6.45) is 4.20. The van der Waals surface area contributed by atoms with Crippen LogP contribution in [0.1, 0.15) is 21.7 Å². The van der Waals surface area contributed by atoms with Crippen LogP contribution in [0.5, 0.6) is 0 Å². The number of nitrogens with one attached hydrogen (secondary N) is 3.